The average molecular weight is 1070 g/mol. The second kappa shape index (κ2) is 19.5. The van der Waals surface area contributed by atoms with Gasteiger partial charge in [-0.3, -0.25) is 58.0 Å². The zero-order valence-electron chi connectivity index (χ0n) is 43.2. The number of hydrogen-bond acceptors (Lipinski definition) is 14. The number of rotatable bonds is 16. The SMILES string of the molecule is NCCCNCCN1C(=O)c2ccc3c4ccc5c6c(ccc(c7ccc(c2c37)C1=O)c64)C(=O)N(CCO)C5=O.NCCNCCCN1C(=O)c2ccc3c4ccc5c6c(ccc(c7ccc(c2c37)C1=O)c64)C(=O)N(CCO)C5=O. The minimum Gasteiger partial charge on any atom is -0.395 e. The van der Waals surface area contributed by atoms with Crippen LogP contribution < -0.4 is 22.1 Å². The molecular weight excluding hydrogens is 1020 g/mol. The maximum absolute atomic E-state index is 13.6. The van der Waals surface area contributed by atoms with Gasteiger partial charge in [0.15, 0.2) is 0 Å². The minimum atomic E-state index is -0.430. The van der Waals surface area contributed by atoms with Crippen molar-refractivity contribution in [1.29, 1.82) is 0 Å². The van der Waals surface area contributed by atoms with Crippen LogP contribution in [0.4, 0.5) is 0 Å². The first-order valence-corrected chi connectivity index (χ1v) is 26.8. The van der Waals surface area contributed by atoms with E-state index in [-0.39, 0.29) is 56.5 Å². The topological polar surface area (TPSA) is 266 Å². The quantitative estimate of drug-likeness (QED) is 0.0293. The molecule has 4 heterocycles. The largest absolute Gasteiger partial charge is 0.395 e. The molecule has 400 valence electrons. The van der Waals surface area contributed by atoms with Gasteiger partial charge in [-0.2, -0.15) is 0 Å². The molecule has 0 saturated carbocycles. The maximum Gasteiger partial charge on any atom is 0.261 e. The standard InChI is InChI=1S/2C31H26N4O5/c32-10-12-33-11-1-13-34-28(37)20-6-2-16-18-4-8-22-27-23(31(40)35(14-15-36)30(22)39)9-5-19(25(18)27)17-3-7-21(29(34)38)26(20)24(16)17;32-10-1-11-33-12-13-34-28(37)20-6-2-16-18-4-8-22-27-23(31(40)35(14-15-36)30(22)39)9-5-19(25(18)27)17-3-7-21(29(34)38)26(20)24(16)17/h2*2-9,33,36H,1,10-15,32H2. The molecule has 8 amide bonds. The van der Waals surface area contributed by atoms with Crippen LogP contribution in [0, 0.1) is 0 Å². The highest BCUT2D eigenvalue weighted by atomic mass is 16.3. The fourth-order valence-corrected chi connectivity index (χ4v) is 12.9. The van der Waals surface area contributed by atoms with Crippen molar-refractivity contribution >= 4 is 133 Å². The van der Waals surface area contributed by atoms with E-state index in [1.165, 1.54) is 9.80 Å². The minimum absolute atomic E-state index is 0.0704. The van der Waals surface area contributed by atoms with Gasteiger partial charge in [0.05, 0.1) is 26.3 Å². The Morgan fingerprint density at radius 2 is 0.537 bits per heavy atom. The highest BCUT2D eigenvalue weighted by Gasteiger charge is 2.39. The molecule has 18 heteroatoms. The van der Waals surface area contributed by atoms with E-state index >= 15 is 0 Å². The summed E-state index contributed by atoms with van der Waals surface area (Å²) in [6, 6.07) is 29.1. The average Bonchev–Trinajstić information content (AvgIpc) is 3.67. The molecule has 10 aromatic rings. The summed E-state index contributed by atoms with van der Waals surface area (Å²) < 4.78 is 0. The van der Waals surface area contributed by atoms with Gasteiger partial charge in [0, 0.05) is 98.8 Å². The lowest BCUT2D eigenvalue weighted by Crippen LogP contribution is -2.44. The van der Waals surface area contributed by atoms with Crippen LogP contribution in [0.1, 0.15) is 95.7 Å². The van der Waals surface area contributed by atoms with Crippen LogP contribution >= 0.6 is 0 Å². The zero-order valence-corrected chi connectivity index (χ0v) is 43.2. The summed E-state index contributed by atoms with van der Waals surface area (Å²) in [5, 5.41) is 37.8. The molecule has 0 bridgehead atoms. The Labute approximate surface area is 455 Å². The van der Waals surface area contributed by atoms with E-state index in [0.717, 1.165) is 87.4 Å². The van der Waals surface area contributed by atoms with Crippen LogP contribution in [0.5, 0.6) is 0 Å². The number of nitrogens with two attached hydrogens (primary N) is 2. The summed E-state index contributed by atoms with van der Waals surface area (Å²) in [4.78, 5) is 112. The van der Waals surface area contributed by atoms with Crippen molar-refractivity contribution in [2.45, 2.75) is 12.8 Å². The number of aliphatic hydroxyl groups is 2. The molecule has 10 aromatic carbocycles. The number of imide groups is 4. The Morgan fingerprint density at radius 3 is 0.800 bits per heavy atom. The second-order valence-electron chi connectivity index (χ2n) is 20.6. The lowest BCUT2D eigenvalue weighted by atomic mass is 9.82. The van der Waals surface area contributed by atoms with E-state index in [1.807, 2.05) is 48.5 Å². The number of fused-ring (bicyclic) bond motifs is 4. The van der Waals surface area contributed by atoms with Gasteiger partial charge in [-0.25, -0.2) is 0 Å². The molecule has 0 aromatic heterocycles. The molecule has 0 fully saturated rings. The first-order chi connectivity index (χ1) is 38.9. The Balaban J connectivity index is 0.000000151. The first kappa shape index (κ1) is 50.6. The van der Waals surface area contributed by atoms with E-state index in [2.05, 4.69) is 10.6 Å². The number of aliphatic hydroxyl groups excluding tert-OH is 2. The molecule has 0 spiro atoms. The first-order valence-electron chi connectivity index (χ1n) is 26.8. The van der Waals surface area contributed by atoms with Crippen molar-refractivity contribution in [3.63, 3.8) is 0 Å². The molecule has 80 heavy (non-hydrogen) atoms. The molecule has 14 rings (SSSR count). The summed E-state index contributed by atoms with van der Waals surface area (Å²) in [6.45, 7) is 3.43. The van der Waals surface area contributed by atoms with Gasteiger partial charge in [0.25, 0.3) is 47.3 Å². The van der Waals surface area contributed by atoms with Gasteiger partial charge in [-0.05, 0) is 146 Å². The predicted octanol–water partition coefficient (Wildman–Crippen LogP) is 5.72. The Hall–Kier alpha value is -8.88. The maximum atomic E-state index is 13.6. The number of β-amino-alcohol motifs (C(OH)–C–C–N with tert-alkyl or cyclic N) is 2. The molecule has 0 atom stereocenters. The van der Waals surface area contributed by atoms with Gasteiger partial charge in [0.1, 0.15) is 0 Å². The van der Waals surface area contributed by atoms with Crippen molar-refractivity contribution in [3.8, 4) is 0 Å². The number of nitrogens with one attached hydrogen (secondary N) is 2. The van der Waals surface area contributed by atoms with Crippen molar-refractivity contribution < 1.29 is 48.6 Å². The third-order valence-electron chi connectivity index (χ3n) is 16.4. The van der Waals surface area contributed by atoms with E-state index < -0.39 is 23.6 Å². The summed E-state index contributed by atoms with van der Waals surface area (Å²) in [5.74, 6) is -2.98. The fourth-order valence-electron chi connectivity index (χ4n) is 12.9. The second-order valence-corrected chi connectivity index (χ2v) is 20.6. The fraction of sp³-hybridized carbons (Fsp3) is 0.226. The van der Waals surface area contributed by atoms with E-state index in [9.17, 15) is 48.6 Å². The molecule has 0 aliphatic carbocycles. The predicted molar refractivity (Wildman–Crippen MR) is 304 cm³/mol. The van der Waals surface area contributed by atoms with E-state index in [0.29, 0.717) is 112 Å². The number of hydrogen-bond donors (Lipinski definition) is 6. The smallest absolute Gasteiger partial charge is 0.261 e. The summed E-state index contributed by atoms with van der Waals surface area (Å²) in [7, 11) is 0. The van der Waals surface area contributed by atoms with Crippen molar-refractivity contribution in [2.24, 2.45) is 11.5 Å². The Morgan fingerprint density at radius 1 is 0.287 bits per heavy atom. The zero-order chi connectivity index (χ0) is 55.4. The highest BCUT2D eigenvalue weighted by Crippen LogP contribution is 2.48. The van der Waals surface area contributed by atoms with E-state index in [4.69, 9.17) is 11.5 Å². The molecule has 4 aliphatic rings. The van der Waals surface area contributed by atoms with Gasteiger partial charge in [-0.15, -0.1) is 0 Å². The van der Waals surface area contributed by atoms with Gasteiger partial charge < -0.3 is 32.3 Å². The van der Waals surface area contributed by atoms with Crippen LogP contribution in [0.3, 0.4) is 0 Å². The van der Waals surface area contributed by atoms with Crippen LogP contribution in [0.15, 0.2) is 97.1 Å². The van der Waals surface area contributed by atoms with Gasteiger partial charge in [-0.1, -0.05) is 48.5 Å². The summed E-state index contributed by atoms with van der Waals surface area (Å²) in [6.07, 6.45) is 1.44. The molecule has 4 aliphatic heterocycles. The molecule has 0 radical (unpaired) electrons. The third kappa shape index (κ3) is 7.20. The molecular formula is C62H52N8O10. The summed E-state index contributed by atoms with van der Waals surface area (Å²) >= 11 is 0. The van der Waals surface area contributed by atoms with Crippen molar-refractivity contribution in [2.75, 3.05) is 78.7 Å². The lowest BCUT2D eigenvalue weighted by molar-refractivity contribution is 0.0567. The van der Waals surface area contributed by atoms with Gasteiger partial charge in [0.2, 0.25) is 0 Å². The Bertz CT molecular complexity index is 3900. The molecule has 8 N–H and O–H groups in total. The van der Waals surface area contributed by atoms with E-state index in [1.54, 1.807) is 48.5 Å². The van der Waals surface area contributed by atoms with Crippen LogP contribution in [0.25, 0.3) is 86.2 Å². The van der Waals surface area contributed by atoms with Crippen molar-refractivity contribution in [1.82, 2.24) is 30.2 Å². The van der Waals surface area contributed by atoms with Gasteiger partial charge >= 0.3 is 0 Å². The number of carbonyl (C=O) groups is 8. The number of carbonyl (C=O) groups excluding carboxylic acids is 8. The lowest BCUT2D eigenvalue weighted by Gasteiger charge is -2.30. The molecule has 0 saturated heterocycles. The number of nitrogens with zero attached hydrogens (tertiary/aromatic N) is 4. The Kier molecular flexibility index (Phi) is 12.3. The van der Waals surface area contributed by atoms with Crippen LogP contribution in [-0.4, -0.2) is 156 Å². The molecule has 0 unspecified atom stereocenters. The van der Waals surface area contributed by atoms with Crippen molar-refractivity contribution in [3.05, 3.63) is 142 Å². The normalized spacial score (nSPS) is 15.2. The number of benzene rings is 10. The summed E-state index contributed by atoms with van der Waals surface area (Å²) in [5.41, 5.74) is 14.7. The molecule has 18 nitrogen and oxygen atoms in total. The van der Waals surface area contributed by atoms with Crippen LogP contribution in [0.2, 0.25) is 0 Å². The number of amides is 8. The third-order valence-corrected chi connectivity index (χ3v) is 16.4. The van der Waals surface area contributed by atoms with Crippen LogP contribution in [-0.2, 0) is 0 Å². The monoisotopic (exact) mass is 1070 g/mol. The highest BCUT2D eigenvalue weighted by molar-refractivity contribution is 6.43.